The maximum absolute atomic E-state index is 13.8. The lowest BCUT2D eigenvalue weighted by Crippen LogP contribution is -2.55. The molecular weight excluding hydrogens is 398 g/mol. The van der Waals surface area contributed by atoms with Crippen molar-refractivity contribution in [2.45, 2.75) is 12.1 Å². The maximum Gasteiger partial charge on any atom is 0.269 e. The summed E-state index contributed by atoms with van der Waals surface area (Å²) in [6.45, 7) is 4.86. The predicted octanol–water partition coefficient (Wildman–Crippen LogP) is 2.55. The molecule has 0 spiro atoms. The molecular formula is C23H27N3O5. The van der Waals surface area contributed by atoms with Crippen molar-refractivity contribution in [3.8, 4) is 0 Å². The molecule has 2 aromatic carbocycles. The molecule has 0 N–H and O–H groups in total. The number of non-ortho nitro benzene ring substituents is 1. The van der Waals surface area contributed by atoms with Gasteiger partial charge in [-0.2, -0.15) is 0 Å². The molecule has 4 rings (SSSR count). The lowest BCUT2D eigenvalue weighted by atomic mass is 9.89. The van der Waals surface area contributed by atoms with Gasteiger partial charge in [0.25, 0.3) is 5.69 Å². The third-order valence-corrected chi connectivity index (χ3v) is 5.93. The number of nitrogens with zero attached hydrogens (tertiary/aromatic N) is 3. The molecule has 8 nitrogen and oxygen atoms in total. The fourth-order valence-corrected chi connectivity index (χ4v) is 4.41. The van der Waals surface area contributed by atoms with Crippen LogP contribution in [0.5, 0.6) is 0 Å². The van der Waals surface area contributed by atoms with Crippen LogP contribution in [-0.4, -0.2) is 79.2 Å². The number of morpholine rings is 2. The van der Waals surface area contributed by atoms with Crippen LogP contribution >= 0.6 is 0 Å². The molecule has 2 atom stereocenters. The zero-order valence-corrected chi connectivity index (χ0v) is 17.4. The highest BCUT2D eigenvalue weighted by Gasteiger charge is 2.40. The zero-order chi connectivity index (χ0) is 21.6. The second-order valence-corrected chi connectivity index (χ2v) is 7.77. The summed E-state index contributed by atoms with van der Waals surface area (Å²) >= 11 is 0. The average Bonchev–Trinajstić information content (AvgIpc) is 2.84. The van der Waals surface area contributed by atoms with Crippen LogP contribution in [0.3, 0.4) is 0 Å². The summed E-state index contributed by atoms with van der Waals surface area (Å²) in [5.41, 5.74) is 1.45. The Morgan fingerprint density at radius 2 is 1.48 bits per heavy atom. The molecule has 2 fully saturated rings. The van der Waals surface area contributed by atoms with Gasteiger partial charge in [0, 0.05) is 43.9 Å². The van der Waals surface area contributed by atoms with Crippen LogP contribution in [-0.2, 0) is 9.47 Å². The van der Waals surface area contributed by atoms with E-state index in [1.807, 2.05) is 36.4 Å². The summed E-state index contributed by atoms with van der Waals surface area (Å²) in [5, 5.41) is 11.5. The number of carbonyl (C=O) groups excluding carboxylic acids is 1. The van der Waals surface area contributed by atoms with Crippen molar-refractivity contribution in [3.63, 3.8) is 0 Å². The van der Waals surface area contributed by atoms with Gasteiger partial charge in [-0.1, -0.05) is 42.5 Å². The van der Waals surface area contributed by atoms with Crippen LogP contribution in [0.2, 0.25) is 0 Å². The van der Waals surface area contributed by atoms with E-state index >= 15 is 0 Å². The molecule has 0 aromatic heterocycles. The summed E-state index contributed by atoms with van der Waals surface area (Å²) in [5.74, 6) is 0.0190. The van der Waals surface area contributed by atoms with Crippen molar-refractivity contribution < 1.29 is 19.2 Å². The van der Waals surface area contributed by atoms with Gasteiger partial charge in [0.05, 0.1) is 43.4 Å². The number of ether oxygens (including phenoxy) is 2. The molecule has 0 bridgehead atoms. The van der Waals surface area contributed by atoms with Crippen LogP contribution in [0.1, 0.15) is 22.0 Å². The van der Waals surface area contributed by atoms with Crippen molar-refractivity contribution >= 4 is 11.5 Å². The van der Waals surface area contributed by atoms with Crippen molar-refractivity contribution in [2.24, 2.45) is 0 Å². The predicted molar refractivity (Wildman–Crippen MR) is 115 cm³/mol. The first-order valence-corrected chi connectivity index (χ1v) is 10.6. The van der Waals surface area contributed by atoms with E-state index in [0.29, 0.717) is 58.2 Å². The number of rotatable bonds is 7. The zero-order valence-electron chi connectivity index (χ0n) is 17.4. The summed E-state index contributed by atoms with van der Waals surface area (Å²) < 4.78 is 11.1. The molecule has 0 aliphatic carbocycles. The number of hydrogen-bond acceptors (Lipinski definition) is 7. The highest BCUT2D eigenvalue weighted by molar-refractivity contribution is 6.00. The van der Waals surface area contributed by atoms with Crippen molar-refractivity contribution in [1.82, 2.24) is 9.80 Å². The van der Waals surface area contributed by atoms with E-state index in [1.165, 1.54) is 6.07 Å². The Labute approximate surface area is 181 Å². The number of nitro groups is 1. The van der Waals surface area contributed by atoms with E-state index in [2.05, 4.69) is 9.80 Å². The van der Waals surface area contributed by atoms with Gasteiger partial charge in [0.2, 0.25) is 0 Å². The van der Waals surface area contributed by atoms with Crippen LogP contribution in [0.15, 0.2) is 54.6 Å². The van der Waals surface area contributed by atoms with Gasteiger partial charge in [0.15, 0.2) is 5.78 Å². The Hall–Kier alpha value is -2.65. The molecule has 2 aliphatic heterocycles. The molecule has 8 heteroatoms. The minimum absolute atomic E-state index is 0.0190. The molecule has 2 aliphatic rings. The van der Waals surface area contributed by atoms with Crippen molar-refractivity contribution in [1.29, 1.82) is 0 Å². The summed E-state index contributed by atoms with van der Waals surface area (Å²) in [4.78, 5) is 29.3. The normalized spacial score (nSPS) is 20.1. The first-order valence-electron chi connectivity index (χ1n) is 10.6. The Bertz CT molecular complexity index is 895. The Kier molecular flexibility index (Phi) is 7.03. The average molecular weight is 425 g/mol. The van der Waals surface area contributed by atoms with Gasteiger partial charge < -0.3 is 9.47 Å². The van der Waals surface area contributed by atoms with Crippen LogP contribution in [0.25, 0.3) is 0 Å². The molecule has 0 unspecified atom stereocenters. The number of Topliss-reactive ketones (excluding diaryl/α,β-unsaturated/α-hetero) is 1. The molecule has 0 amide bonds. The SMILES string of the molecule is O=C(c1ccccc1)[C@H]([C@@H](c1cccc([N+](=O)[O-])c1)N1CCOCC1)N1CCOCC1. The highest BCUT2D eigenvalue weighted by atomic mass is 16.6. The van der Waals surface area contributed by atoms with E-state index < -0.39 is 6.04 Å². The quantitative estimate of drug-likeness (QED) is 0.383. The van der Waals surface area contributed by atoms with Gasteiger partial charge in [0.1, 0.15) is 0 Å². The van der Waals surface area contributed by atoms with E-state index in [-0.39, 0.29) is 22.4 Å². The Morgan fingerprint density at radius 1 is 0.871 bits per heavy atom. The van der Waals surface area contributed by atoms with Gasteiger partial charge >= 0.3 is 0 Å². The van der Waals surface area contributed by atoms with Crippen molar-refractivity contribution in [3.05, 3.63) is 75.8 Å². The number of hydrogen-bond donors (Lipinski definition) is 0. The van der Waals surface area contributed by atoms with Crippen LogP contribution in [0.4, 0.5) is 5.69 Å². The smallest absolute Gasteiger partial charge is 0.269 e. The van der Waals surface area contributed by atoms with Crippen LogP contribution in [0, 0.1) is 10.1 Å². The first-order chi connectivity index (χ1) is 15.1. The maximum atomic E-state index is 13.8. The monoisotopic (exact) mass is 425 g/mol. The third-order valence-electron chi connectivity index (χ3n) is 5.93. The second-order valence-electron chi connectivity index (χ2n) is 7.77. The lowest BCUT2D eigenvalue weighted by Gasteiger charge is -2.44. The Balaban J connectivity index is 1.79. The topological polar surface area (TPSA) is 85.1 Å². The fourth-order valence-electron chi connectivity index (χ4n) is 4.41. The second kappa shape index (κ2) is 10.1. The summed E-state index contributed by atoms with van der Waals surface area (Å²) in [6, 6.07) is 15.2. The number of nitro benzene ring substituents is 1. The van der Waals surface area contributed by atoms with Gasteiger partial charge in [-0.3, -0.25) is 24.7 Å². The number of carbonyl (C=O) groups is 1. The minimum atomic E-state index is -0.480. The minimum Gasteiger partial charge on any atom is -0.379 e. The van der Waals surface area contributed by atoms with Gasteiger partial charge in [-0.05, 0) is 5.56 Å². The summed E-state index contributed by atoms with van der Waals surface area (Å²) in [7, 11) is 0. The lowest BCUT2D eigenvalue weighted by molar-refractivity contribution is -0.385. The standard InChI is InChI=1S/C23H27N3O5/c27-23(18-5-2-1-3-6-18)22(25-11-15-31-16-12-25)21(24-9-13-30-14-10-24)19-7-4-8-20(17-19)26(28)29/h1-8,17,21-22H,9-16H2/t21-,22+/m1/s1. The van der Waals surface area contributed by atoms with Gasteiger partial charge in [-0.25, -0.2) is 0 Å². The molecule has 31 heavy (non-hydrogen) atoms. The molecule has 2 saturated heterocycles. The molecule has 2 heterocycles. The van der Waals surface area contributed by atoms with Crippen LogP contribution < -0.4 is 0 Å². The third kappa shape index (κ3) is 4.99. The molecule has 0 radical (unpaired) electrons. The Morgan fingerprint density at radius 3 is 2.10 bits per heavy atom. The van der Waals surface area contributed by atoms with E-state index in [0.717, 1.165) is 5.56 Å². The summed E-state index contributed by atoms with van der Waals surface area (Å²) in [6.07, 6.45) is 0. The highest BCUT2D eigenvalue weighted by Crippen LogP contribution is 2.33. The number of ketones is 1. The van der Waals surface area contributed by atoms with E-state index in [9.17, 15) is 14.9 Å². The largest absolute Gasteiger partial charge is 0.379 e. The molecule has 0 saturated carbocycles. The molecule has 164 valence electrons. The van der Waals surface area contributed by atoms with E-state index in [1.54, 1.807) is 12.1 Å². The van der Waals surface area contributed by atoms with Crippen molar-refractivity contribution in [2.75, 3.05) is 52.6 Å². The fraction of sp³-hybridized carbons (Fsp3) is 0.435. The van der Waals surface area contributed by atoms with E-state index in [4.69, 9.17) is 9.47 Å². The van der Waals surface area contributed by atoms with Gasteiger partial charge in [-0.15, -0.1) is 0 Å². The number of benzene rings is 2. The molecule has 2 aromatic rings. The first kappa shape index (κ1) is 21.6.